The molecule has 0 atom stereocenters. The van der Waals surface area contributed by atoms with Gasteiger partial charge in [-0.3, -0.25) is 4.79 Å². The van der Waals surface area contributed by atoms with Crippen LogP contribution < -0.4 is 5.73 Å². The fourth-order valence-corrected chi connectivity index (χ4v) is 2.85. The van der Waals surface area contributed by atoms with Gasteiger partial charge in [-0.1, -0.05) is 13.8 Å². The normalized spacial score (nSPS) is 11.8. The number of benzene rings is 1. The zero-order valence-electron chi connectivity index (χ0n) is 13.4. The van der Waals surface area contributed by atoms with Gasteiger partial charge in [0.05, 0.1) is 19.6 Å². The Bertz CT molecular complexity index is 674. The Morgan fingerprint density at radius 1 is 1.36 bits per heavy atom. The van der Waals surface area contributed by atoms with Gasteiger partial charge in [0.2, 0.25) is 0 Å². The molecule has 5 heteroatoms. The van der Waals surface area contributed by atoms with E-state index in [2.05, 4.69) is 0 Å². The van der Waals surface area contributed by atoms with Crippen molar-refractivity contribution >= 4 is 22.6 Å². The molecule has 22 heavy (non-hydrogen) atoms. The molecule has 0 fully saturated rings. The van der Waals surface area contributed by atoms with E-state index >= 15 is 0 Å². The Labute approximate surface area is 130 Å². The molecular weight excluding hydrogens is 280 g/mol. The third kappa shape index (κ3) is 3.25. The Hall–Kier alpha value is -2.01. The number of hydrogen-bond donors (Lipinski definition) is 2. The quantitative estimate of drug-likeness (QED) is 0.635. The van der Waals surface area contributed by atoms with E-state index in [-0.39, 0.29) is 19.0 Å². The SMILES string of the molecule is CCOC(=O)CC(C)(C)c1cc2cc(N)ccc2n1CCO. The molecule has 5 nitrogen and oxygen atoms in total. The summed E-state index contributed by atoms with van der Waals surface area (Å²) in [6.07, 6.45) is 0.290. The van der Waals surface area contributed by atoms with Crippen molar-refractivity contribution in [3.8, 4) is 0 Å². The Kier molecular flexibility index (Phi) is 4.76. The molecule has 0 bridgehead atoms. The first kappa shape index (κ1) is 16.4. The number of nitrogens with two attached hydrogens (primary N) is 1. The molecule has 2 aromatic rings. The maximum Gasteiger partial charge on any atom is 0.306 e. The number of fused-ring (bicyclic) bond motifs is 1. The Balaban J connectivity index is 2.48. The number of anilines is 1. The summed E-state index contributed by atoms with van der Waals surface area (Å²) in [5, 5.41) is 10.4. The average Bonchev–Trinajstić information content (AvgIpc) is 2.77. The number of aliphatic hydroxyl groups excluding tert-OH is 1. The van der Waals surface area contributed by atoms with Crippen LogP contribution in [0.3, 0.4) is 0 Å². The average molecular weight is 304 g/mol. The van der Waals surface area contributed by atoms with Crippen LogP contribution in [0.2, 0.25) is 0 Å². The smallest absolute Gasteiger partial charge is 0.306 e. The van der Waals surface area contributed by atoms with Gasteiger partial charge < -0.3 is 20.1 Å². The first-order valence-corrected chi connectivity index (χ1v) is 7.54. The van der Waals surface area contributed by atoms with Gasteiger partial charge in [-0.25, -0.2) is 0 Å². The van der Waals surface area contributed by atoms with Gasteiger partial charge in [0.1, 0.15) is 0 Å². The Morgan fingerprint density at radius 3 is 2.73 bits per heavy atom. The van der Waals surface area contributed by atoms with Crippen LogP contribution in [0.25, 0.3) is 10.9 Å². The number of aliphatic hydroxyl groups is 1. The van der Waals surface area contributed by atoms with E-state index < -0.39 is 5.41 Å². The van der Waals surface area contributed by atoms with E-state index in [1.54, 1.807) is 6.92 Å². The summed E-state index contributed by atoms with van der Waals surface area (Å²) in [5.74, 6) is -0.215. The lowest BCUT2D eigenvalue weighted by Gasteiger charge is -2.26. The highest BCUT2D eigenvalue weighted by atomic mass is 16.5. The minimum Gasteiger partial charge on any atom is -0.466 e. The third-order valence-electron chi connectivity index (χ3n) is 3.83. The molecule has 2 rings (SSSR count). The minimum absolute atomic E-state index is 0.0383. The predicted octanol–water partition coefficient (Wildman–Crippen LogP) is 2.45. The van der Waals surface area contributed by atoms with E-state index in [1.165, 1.54) is 0 Å². The lowest BCUT2D eigenvalue weighted by molar-refractivity contribution is -0.144. The predicted molar refractivity (Wildman–Crippen MR) is 87.7 cm³/mol. The molecule has 0 spiro atoms. The molecule has 120 valence electrons. The lowest BCUT2D eigenvalue weighted by Crippen LogP contribution is -2.26. The largest absolute Gasteiger partial charge is 0.466 e. The summed E-state index contributed by atoms with van der Waals surface area (Å²) in [6, 6.07) is 7.75. The van der Waals surface area contributed by atoms with Gasteiger partial charge in [-0.05, 0) is 31.2 Å². The first-order chi connectivity index (χ1) is 10.4. The van der Waals surface area contributed by atoms with Crippen molar-refractivity contribution in [2.75, 3.05) is 18.9 Å². The summed E-state index contributed by atoms with van der Waals surface area (Å²) in [7, 11) is 0. The second-order valence-electron chi connectivity index (χ2n) is 6.09. The van der Waals surface area contributed by atoms with Crippen LogP contribution in [0.5, 0.6) is 0 Å². The van der Waals surface area contributed by atoms with Crippen molar-refractivity contribution < 1.29 is 14.6 Å². The summed E-state index contributed by atoms with van der Waals surface area (Å²) in [4.78, 5) is 11.9. The molecule has 0 aliphatic heterocycles. The zero-order chi connectivity index (χ0) is 16.3. The highest BCUT2D eigenvalue weighted by molar-refractivity contribution is 5.85. The van der Waals surface area contributed by atoms with Gasteiger partial charge in [0.15, 0.2) is 0 Å². The molecule has 3 N–H and O–H groups in total. The van der Waals surface area contributed by atoms with Crippen molar-refractivity contribution in [1.82, 2.24) is 4.57 Å². The van der Waals surface area contributed by atoms with E-state index in [4.69, 9.17) is 10.5 Å². The topological polar surface area (TPSA) is 77.5 Å². The molecule has 1 aromatic carbocycles. The van der Waals surface area contributed by atoms with Crippen molar-refractivity contribution in [2.24, 2.45) is 0 Å². The highest BCUT2D eigenvalue weighted by Crippen LogP contribution is 2.33. The number of nitrogens with zero attached hydrogens (tertiary/aromatic N) is 1. The number of hydrogen-bond acceptors (Lipinski definition) is 4. The fourth-order valence-electron chi connectivity index (χ4n) is 2.85. The molecule has 1 aromatic heterocycles. The molecule has 0 aliphatic rings. The molecule has 0 radical (unpaired) electrons. The molecule has 0 aliphatic carbocycles. The molecule has 0 saturated carbocycles. The lowest BCUT2D eigenvalue weighted by atomic mass is 9.85. The molecule has 0 saturated heterocycles. The number of nitrogen functional groups attached to an aromatic ring is 1. The second-order valence-corrected chi connectivity index (χ2v) is 6.09. The van der Waals surface area contributed by atoms with Crippen LogP contribution in [0, 0.1) is 0 Å². The monoisotopic (exact) mass is 304 g/mol. The summed E-state index contributed by atoms with van der Waals surface area (Å²) >= 11 is 0. The maximum atomic E-state index is 11.9. The highest BCUT2D eigenvalue weighted by Gasteiger charge is 2.29. The van der Waals surface area contributed by atoms with Crippen molar-refractivity contribution in [3.63, 3.8) is 0 Å². The second kappa shape index (κ2) is 6.40. The summed E-state index contributed by atoms with van der Waals surface area (Å²) < 4.78 is 7.12. The van der Waals surface area contributed by atoms with Crippen LogP contribution in [0.15, 0.2) is 24.3 Å². The van der Waals surface area contributed by atoms with Crippen LogP contribution in [0.1, 0.15) is 32.9 Å². The number of carbonyl (C=O) groups is 1. The van der Waals surface area contributed by atoms with Crippen LogP contribution in [0.4, 0.5) is 5.69 Å². The van der Waals surface area contributed by atoms with Gasteiger partial charge >= 0.3 is 5.97 Å². The summed E-state index contributed by atoms with van der Waals surface area (Å²) in [5.41, 5.74) is 8.16. The minimum atomic E-state index is -0.394. The molecule has 0 amide bonds. The molecule has 0 unspecified atom stereocenters. The summed E-state index contributed by atoms with van der Waals surface area (Å²) in [6.45, 7) is 6.72. The number of esters is 1. The first-order valence-electron chi connectivity index (χ1n) is 7.54. The standard InChI is InChI=1S/C17H24N2O3/c1-4-22-16(21)11-17(2,3)15-10-12-9-13(18)5-6-14(12)19(15)7-8-20/h5-6,9-10,20H,4,7-8,11,18H2,1-3H3. The molecule has 1 heterocycles. The van der Waals surface area contributed by atoms with E-state index in [0.29, 0.717) is 18.8 Å². The van der Waals surface area contributed by atoms with Gasteiger partial charge in [0.25, 0.3) is 0 Å². The Morgan fingerprint density at radius 2 is 2.09 bits per heavy atom. The van der Waals surface area contributed by atoms with E-state index in [0.717, 1.165) is 16.6 Å². The number of carbonyl (C=O) groups excluding carboxylic acids is 1. The molecular formula is C17H24N2O3. The maximum absolute atomic E-state index is 11.9. The van der Waals surface area contributed by atoms with Crippen molar-refractivity contribution in [2.45, 2.75) is 39.2 Å². The van der Waals surface area contributed by atoms with E-state index in [9.17, 15) is 9.90 Å². The van der Waals surface area contributed by atoms with Gasteiger partial charge in [0, 0.05) is 34.2 Å². The zero-order valence-corrected chi connectivity index (χ0v) is 13.4. The van der Waals surface area contributed by atoms with Crippen LogP contribution in [-0.4, -0.2) is 28.9 Å². The van der Waals surface area contributed by atoms with Crippen molar-refractivity contribution in [3.05, 3.63) is 30.0 Å². The third-order valence-corrected chi connectivity index (χ3v) is 3.83. The number of aromatic nitrogens is 1. The van der Waals surface area contributed by atoms with Crippen LogP contribution in [-0.2, 0) is 21.5 Å². The number of rotatable bonds is 6. The van der Waals surface area contributed by atoms with Gasteiger partial charge in [-0.2, -0.15) is 0 Å². The van der Waals surface area contributed by atoms with Gasteiger partial charge in [-0.15, -0.1) is 0 Å². The fraction of sp³-hybridized carbons (Fsp3) is 0.471. The number of ether oxygens (including phenoxy) is 1. The van der Waals surface area contributed by atoms with Crippen molar-refractivity contribution in [1.29, 1.82) is 0 Å². The van der Waals surface area contributed by atoms with Crippen LogP contribution >= 0.6 is 0 Å². The van der Waals surface area contributed by atoms with E-state index in [1.807, 2.05) is 42.7 Å².